The van der Waals surface area contributed by atoms with E-state index in [1.165, 1.54) is 18.4 Å². The molecule has 2 heterocycles. The highest BCUT2D eigenvalue weighted by Crippen LogP contribution is 2.23. The first kappa shape index (κ1) is 21.9. The molecule has 0 N–H and O–H groups in total. The molecular weight excluding hydrogens is 384 g/mol. The second-order valence-corrected chi connectivity index (χ2v) is 9.14. The molecule has 1 atom stereocenters. The van der Waals surface area contributed by atoms with Gasteiger partial charge in [0.05, 0.1) is 0 Å². The zero-order chi connectivity index (χ0) is 21.5. The van der Waals surface area contributed by atoms with E-state index in [2.05, 4.69) is 42.2 Å². The van der Waals surface area contributed by atoms with Crippen LogP contribution >= 0.6 is 0 Å². The van der Waals surface area contributed by atoms with Crippen molar-refractivity contribution in [3.8, 4) is 5.75 Å². The van der Waals surface area contributed by atoms with Crippen LogP contribution in [0.15, 0.2) is 54.6 Å². The Bertz CT molecular complexity index is 807. The molecule has 2 aliphatic rings. The van der Waals surface area contributed by atoms with E-state index in [-0.39, 0.29) is 12.0 Å². The monoisotopic (exact) mass is 420 g/mol. The Balaban J connectivity index is 1.19. The van der Waals surface area contributed by atoms with Crippen LogP contribution < -0.4 is 4.74 Å². The summed E-state index contributed by atoms with van der Waals surface area (Å²) in [5.41, 5.74) is 2.21. The lowest BCUT2D eigenvalue weighted by molar-refractivity contribution is 0.0724. The quantitative estimate of drug-likeness (QED) is 0.605. The minimum Gasteiger partial charge on any atom is -0.490 e. The maximum atomic E-state index is 12.6. The summed E-state index contributed by atoms with van der Waals surface area (Å²) in [5.74, 6) is 1.64. The van der Waals surface area contributed by atoms with Crippen LogP contribution in [0.2, 0.25) is 0 Å². The predicted octanol–water partition coefficient (Wildman–Crippen LogP) is 5.35. The number of hydrogen-bond acceptors (Lipinski definition) is 3. The zero-order valence-electron chi connectivity index (χ0n) is 18.8. The van der Waals surface area contributed by atoms with Crippen molar-refractivity contribution in [2.24, 2.45) is 0 Å². The molecule has 0 aliphatic carbocycles. The van der Waals surface area contributed by atoms with Crippen LogP contribution in [0.3, 0.4) is 0 Å². The van der Waals surface area contributed by atoms with E-state index in [1.807, 2.05) is 29.2 Å². The average Bonchev–Trinajstić information content (AvgIpc) is 2.84. The molecule has 0 spiro atoms. The Morgan fingerprint density at radius 3 is 2.29 bits per heavy atom. The number of likely N-dealkylation sites (tertiary alicyclic amines) is 2. The third kappa shape index (κ3) is 6.10. The largest absolute Gasteiger partial charge is 0.490 e. The van der Waals surface area contributed by atoms with Gasteiger partial charge in [-0.25, -0.2) is 0 Å². The maximum Gasteiger partial charge on any atom is 0.253 e. The first-order chi connectivity index (χ1) is 15.2. The number of benzene rings is 2. The molecule has 0 saturated carbocycles. The normalized spacial score (nSPS) is 19.2. The summed E-state index contributed by atoms with van der Waals surface area (Å²) in [7, 11) is 0. The fourth-order valence-corrected chi connectivity index (χ4v) is 4.72. The summed E-state index contributed by atoms with van der Waals surface area (Å²) in [6, 6.07) is 18.6. The molecule has 4 heteroatoms. The summed E-state index contributed by atoms with van der Waals surface area (Å²) >= 11 is 0. The summed E-state index contributed by atoms with van der Waals surface area (Å²) in [5, 5.41) is 0. The lowest BCUT2D eigenvalue weighted by Gasteiger charge is -2.32. The van der Waals surface area contributed by atoms with E-state index in [4.69, 9.17) is 4.74 Å². The number of amides is 1. The van der Waals surface area contributed by atoms with Gasteiger partial charge in [0.2, 0.25) is 0 Å². The van der Waals surface area contributed by atoms with Crippen molar-refractivity contribution in [2.45, 2.75) is 57.5 Å². The molecule has 166 valence electrons. The van der Waals surface area contributed by atoms with Gasteiger partial charge in [0, 0.05) is 31.7 Å². The van der Waals surface area contributed by atoms with Gasteiger partial charge >= 0.3 is 0 Å². The van der Waals surface area contributed by atoms with Crippen molar-refractivity contribution in [3.05, 3.63) is 65.7 Å². The molecule has 2 aromatic rings. The Morgan fingerprint density at radius 2 is 1.61 bits per heavy atom. The highest BCUT2D eigenvalue weighted by molar-refractivity contribution is 5.94. The van der Waals surface area contributed by atoms with E-state index >= 15 is 0 Å². The number of nitrogens with zero attached hydrogens (tertiary/aromatic N) is 2. The molecule has 2 saturated heterocycles. The van der Waals surface area contributed by atoms with E-state index in [0.29, 0.717) is 5.92 Å². The Kier molecular flexibility index (Phi) is 7.63. The summed E-state index contributed by atoms with van der Waals surface area (Å²) in [6.07, 6.45) is 7.07. The zero-order valence-corrected chi connectivity index (χ0v) is 18.8. The topological polar surface area (TPSA) is 32.8 Å². The summed E-state index contributed by atoms with van der Waals surface area (Å²) < 4.78 is 6.23. The van der Waals surface area contributed by atoms with Gasteiger partial charge in [-0.3, -0.25) is 4.79 Å². The first-order valence-electron chi connectivity index (χ1n) is 12.0. The lowest BCUT2D eigenvalue weighted by atomic mass is 9.97. The standard InChI is InChI=1S/C27H36N2O2/c1-22(23-8-4-2-5-9-23)14-19-28-20-15-26(16-21-28)31-25-12-10-24(11-13-25)27(30)29-17-6-3-7-18-29/h2,4-5,8-13,22,26H,3,6-7,14-21H2,1H3/t22-/m1/s1. The predicted molar refractivity (Wildman–Crippen MR) is 126 cm³/mol. The van der Waals surface area contributed by atoms with Crippen molar-refractivity contribution in [3.63, 3.8) is 0 Å². The maximum absolute atomic E-state index is 12.6. The van der Waals surface area contributed by atoms with Crippen LogP contribution in [-0.2, 0) is 0 Å². The van der Waals surface area contributed by atoms with Crippen molar-refractivity contribution in [1.82, 2.24) is 9.80 Å². The van der Waals surface area contributed by atoms with Crippen LogP contribution in [0.4, 0.5) is 0 Å². The average molecular weight is 421 g/mol. The molecule has 1 amide bonds. The van der Waals surface area contributed by atoms with E-state index in [1.54, 1.807) is 0 Å². The highest BCUT2D eigenvalue weighted by Gasteiger charge is 2.22. The minimum atomic E-state index is 0.157. The molecule has 4 rings (SSSR count). The number of piperidine rings is 2. The smallest absolute Gasteiger partial charge is 0.253 e. The van der Waals surface area contributed by atoms with Gasteiger partial charge in [-0.05, 0) is 80.8 Å². The summed E-state index contributed by atoms with van der Waals surface area (Å²) in [6.45, 7) is 7.44. The SMILES string of the molecule is C[C@H](CCN1CCC(Oc2ccc(C(=O)N3CCCCC3)cc2)CC1)c1ccccc1. The molecule has 2 aliphatic heterocycles. The van der Waals surface area contributed by atoms with Crippen molar-refractivity contribution in [1.29, 1.82) is 0 Å². The van der Waals surface area contributed by atoms with E-state index < -0.39 is 0 Å². The second-order valence-electron chi connectivity index (χ2n) is 9.14. The lowest BCUT2D eigenvalue weighted by Crippen LogP contribution is -2.39. The van der Waals surface area contributed by atoms with Crippen LogP contribution in [0.5, 0.6) is 5.75 Å². The molecule has 0 unspecified atom stereocenters. The van der Waals surface area contributed by atoms with Gasteiger partial charge in [0.1, 0.15) is 11.9 Å². The number of carbonyl (C=O) groups excluding carboxylic acids is 1. The summed E-state index contributed by atoms with van der Waals surface area (Å²) in [4.78, 5) is 17.2. The minimum absolute atomic E-state index is 0.157. The van der Waals surface area contributed by atoms with E-state index in [0.717, 1.165) is 69.7 Å². The van der Waals surface area contributed by atoms with Gasteiger partial charge < -0.3 is 14.5 Å². The van der Waals surface area contributed by atoms with Gasteiger partial charge in [-0.2, -0.15) is 0 Å². The number of hydrogen-bond donors (Lipinski definition) is 0. The van der Waals surface area contributed by atoms with Crippen LogP contribution in [0.25, 0.3) is 0 Å². The molecule has 0 bridgehead atoms. The van der Waals surface area contributed by atoms with Crippen LogP contribution in [-0.4, -0.2) is 54.5 Å². The third-order valence-electron chi connectivity index (χ3n) is 6.83. The van der Waals surface area contributed by atoms with Gasteiger partial charge in [-0.1, -0.05) is 37.3 Å². The molecule has 31 heavy (non-hydrogen) atoms. The van der Waals surface area contributed by atoms with Crippen molar-refractivity contribution < 1.29 is 9.53 Å². The third-order valence-corrected chi connectivity index (χ3v) is 6.83. The Labute approximate surface area is 187 Å². The number of carbonyl (C=O) groups is 1. The number of ether oxygens (including phenoxy) is 1. The first-order valence-corrected chi connectivity index (χ1v) is 12.0. The molecule has 4 nitrogen and oxygen atoms in total. The molecule has 0 radical (unpaired) electrons. The molecule has 0 aromatic heterocycles. The number of rotatable bonds is 7. The van der Waals surface area contributed by atoms with Crippen LogP contribution in [0.1, 0.15) is 67.3 Å². The molecule has 2 aromatic carbocycles. The molecule has 2 fully saturated rings. The van der Waals surface area contributed by atoms with Crippen molar-refractivity contribution >= 4 is 5.91 Å². The second kappa shape index (κ2) is 10.8. The Hall–Kier alpha value is -2.33. The van der Waals surface area contributed by atoms with Crippen LogP contribution in [0, 0.1) is 0 Å². The van der Waals surface area contributed by atoms with Gasteiger partial charge in [-0.15, -0.1) is 0 Å². The van der Waals surface area contributed by atoms with Crippen molar-refractivity contribution in [2.75, 3.05) is 32.7 Å². The molecular formula is C27H36N2O2. The van der Waals surface area contributed by atoms with Gasteiger partial charge in [0.25, 0.3) is 5.91 Å². The fourth-order valence-electron chi connectivity index (χ4n) is 4.72. The highest BCUT2D eigenvalue weighted by atomic mass is 16.5. The van der Waals surface area contributed by atoms with Gasteiger partial charge in [0.15, 0.2) is 0 Å². The van der Waals surface area contributed by atoms with E-state index in [9.17, 15) is 4.79 Å². The fraction of sp³-hybridized carbons (Fsp3) is 0.519. The Morgan fingerprint density at radius 1 is 0.935 bits per heavy atom.